The van der Waals surface area contributed by atoms with Gasteiger partial charge in [0.2, 0.25) is 23.7 Å². The molecule has 1 aliphatic rings. The summed E-state index contributed by atoms with van der Waals surface area (Å²) in [5.74, 6) is 0.492. The van der Waals surface area contributed by atoms with Crippen molar-refractivity contribution in [2.45, 2.75) is 44.7 Å². The molecule has 5 rings (SSSR count). The number of aromatic amines is 1. The molecule has 0 atom stereocenters. The maximum absolute atomic E-state index is 14.0. The number of methoxy groups -OCH3 is 1. The maximum atomic E-state index is 14.0. The fourth-order valence-corrected chi connectivity index (χ4v) is 4.39. The van der Waals surface area contributed by atoms with Gasteiger partial charge in [-0.15, -0.1) is 0 Å². The number of aromatic nitrogens is 5. The van der Waals surface area contributed by atoms with Crippen LogP contribution >= 0.6 is 0 Å². The number of anilines is 1. The Balaban J connectivity index is 1.42. The van der Waals surface area contributed by atoms with E-state index >= 15 is 0 Å². The van der Waals surface area contributed by atoms with Crippen molar-refractivity contribution in [3.63, 3.8) is 0 Å². The van der Waals surface area contributed by atoms with Crippen LogP contribution in [0.3, 0.4) is 0 Å². The Morgan fingerprint density at radius 2 is 2.19 bits per heavy atom. The number of nitrogens with one attached hydrogen (secondary N) is 3. The Morgan fingerprint density at radius 3 is 2.94 bits per heavy atom. The highest BCUT2D eigenvalue weighted by Crippen LogP contribution is 2.37. The standard InChI is InChI=1S/C22H24FN7O2/c1-4-17(31)29-22(2)7-13(8-22)26-21-27-19-18(20(28-21)32-3)14(9-25-19)12-5-6-16-24-10-15(23)30(16)11-12/h5-6,9-11,13H,4,7-8H2,1-3H3,(H,29,31)(H2,25,26,27,28)/t13-,22+. The van der Waals surface area contributed by atoms with Crippen molar-refractivity contribution in [2.24, 2.45) is 0 Å². The number of halogens is 1. The van der Waals surface area contributed by atoms with Gasteiger partial charge in [-0.3, -0.25) is 9.20 Å². The Hall–Kier alpha value is -3.69. The molecule has 0 aromatic carbocycles. The molecule has 166 valence electrons. The number of nitrogens with zero attached hydrogens (tertiary/aromatic N) is 4. The lowest BCUT2D eigenvalue weighted by Crippen LogP contribution is -2.59. The molecule has 0 saturated heterocycles. The fraction of sp³-hybridized carbons (Fsp3) is 0.364. The van der Waals surface area contributed by atoms with Crippen molar-refractivity contribution in [2.75, 3.05) is 12.4 Å². The monoisotopic (exact) mass is 437 g/mol. The lowest BCUT2D eigenvalue weighted by atomic mass is 9.74. The lowest BCUT2D eigenvalue weighted by Gasteiger charge is -2.45. The van der Waals surface area contributed by atoms with Gasteiger partial charge in [-0.1, -0.05) is 6.92 Å². The SMILES string of the molecule is CCC(=O)N[C@]1(C)C[C@H](Nc2nc(OC)c3c(-c4ccc5ncc(F)n5c4)c[nH]c3n2)C1. The molecular formula is C22H24FN7O2. The first-order valence-electron chi connectivity index (χ1n) is 10.5. The van der Waals surface area contributed by atoms with Gasteiger partial charge < -0.3 is 20.4 Å². The second-order valence-corrected chi connectivity index (χ2v) is 8.42. The van der Waals surface area contributed by atoms with Gasteiger partial charge in [-0.2, -0.15) is 14.4 Å². The highest BCUT2D eigenvalue weighted by Gasteiger charge is 2.41. The maximum Gasteiger partial charge on any atom is 0.228 e. The Morgan fingerprint density at radius 1 is 1.38 bits per heavy atom. The molecule has 0 bridgehead atoms. The van der Waals surface area contributed by atoms with E-state index in [9.17, 15) is 9.18 Å². The van der Waals surface area contributed by atoms with Crippen LogP contribution in [0.2, 0.25) is 0 Å². The Kier molecular flexibility index (Phi) is 4.72. The van der Waals surface area contributed by atoms with Crippen molar-refractivity contribution < 1.29 is 13.9 Å². The zero-order valence-electron chi connectivity index (χ0n) is 18.1. The number of fused-ring (bicyclic) bond motifs is 2. The number of amides is 1. The third-order valence-corrected chi connectivity index (χ3v) is 5.95. The summed E-state index contributed by atoms with van der Waals surface area (Å²) < 4.78 is 21.0. The summed E-state index contributed by atoms with van der Waals surface area (Å²) in [5.41, 5.74) is 2.52. The van der Waals surface area contributed by atoms with Gasteiger partial charge in [0.1, 0.15) is 11.3 Å². The van der Waals surface area contributed by atoms with E-state index in [4.69, 9.17) is 4.74 Å². The van der Waals surface area contributed by atoms with Crippen LogP contribution in [0.4, 0.5) is 10.3 Å². The third-order valence-electron chi connectivity index (χ3n) is 5.95. The zero-order valence-corrected chi connectivity index (χ0v) is 18.1. The van der Waals surface area contributed by atoms with Crippen molar-refractivity contribution in [1.29, 1.82) is 0 Å². The summed E-state index contributed by atoms with van der Waals surface area (Å²) in [7, 11) is 1.56. The summed E-state index contributed by atoms with van der Waals surface area (Å²) in [6.07, 6.45) is 6.73. The molecule has 4 aromatic heterocycles. The molecule has 10 heteroatoms. The molecule has 0 spiro atoms. The van der Waals surface area contributed by atoms with E-state index in [2.05, 4.69) is 30.6 Å². The quantitative estimate of drug-likeness (QED) is 0.427. The number of carbonyl (C=O) groups excluding carboxylic acids is 1. The van der Waals surface area contributed by atoms with Gasteiger partial charge in [-0.05, 0) is 31.9 Å². The van der Waals surface area contributed by atoms with Gasteiger partial charge in [0, 0.05) is 41.5 Å². The molecule has 1 amide bonds. The van der Waals surface area contributed by atoms with E-state index < -0.39 is 5.95 Å². The predicted molar refractivity (Wildman–Crippen MR) is 118 cm³/mol. The van der Waals surface area contributed by atoms with E-state index in [0.717, 1.165) is 24.0 Å². The summed E-state index contributed by atoms with van der Waals surface area (Å²) >= 11 is 0. The second-order valence-electron chi connectivity index (χ2n) is 8.42. The van der Waals surface area contributed by atoms with Crippen LogP contribution in [0.5, 0.6) is 5.88 Å². The van der Waals surface area contributed by atoms with E-state index in [-0.39, 0.29) is 17.5 Å². The highest BCUT2D eigenvalue weighted by molar-refractivity contribution is 5.97. The number of ether oxygens (including phenoxy) is 1. The van der Waals surface area contributed by atoms with Gasteiger partial charge in [-0.25, -0.2) is 4.98 Å². The zero-order chi connectivity index (χ0) is 22.5. The van der Waals surface area contributed by atoms with Crippen molar-refractivity contribution in [1.82, 2.24) is 29.7 Å². The molecule has 32 heavy (non-hydrogen) atoms. The van der Waals surface area contributed by atoms with Crippen molar-refractivity contribution in [3.8, 4) is 17.0 Å². The van der Waals surface area contributed by atoms with Gasteiger partial charge in [0.05, 0.1) is 18.7 Å². The molecule has 0 aliphatic heterocycles. The van der Waals surface area contributed by atoms with Gasteiger partial charge in [0.25, 0.3) is 0 Å². The molecule has 0 unspecified atom stereocenters. The first-order chi connectivity index (χ1) is 15.4. The van der Waals surface area contributed by atoms with Crippen LogP contribution in [0.1, 0.15) is 33.1 Å². The van der Waals surface area contributed by atoms with Crippen LogP contribution in [0.15, 0.2) is 30.7 Å². The first-order valence-corrected chi connectivity index (χ1v) is 10.5. The molecule has 9 nitrogen and oxygen atoms in total. The Bertz CT molecular complexity index is 1320. The molecule has 1 fully saturated rings. The van der Waals surface area contributed by atoms with Crippen LogP contribution < -0.4 is 15.4 Å². The average Bonchev–Trinajstić information content (AvgIpc) is 3.35. The minimum atomic E-state index is -0.431. The molecule has 1 aliphatic carbocycles. The van der Waals surface area contributed by atoms with Crippen LogP contribution in [-0.4, -0.2) is 48.9 Å². The average molecular weight is 437 g/mol. The van der Waals surface area contributed by atoms with E-state index in [1.807, 2.05) is 26.1 Å². The fourth-order valence-electron chi connectivity index (χ4n) is 4.39. The van der Waals surface area contributed by atoms with Gasteiger partial charge in [0.15, 0.2) is 0 Å². The van der Waals surface area contributed by atoms with Crippen molar-refractivity contribution in [3.05, 3.63) is 36.7 Å². The van der Waals surface area contributed by atoms with E-state index in [0.29, 0.717) is 34.9 Å². The Labute approximate surface area is 183 Å². The summed E-state index contributed by atoms with van der Waals surface area (Å²) in [5, 5.41) is 7.11. The minimum absolute atomic E-state index is 0.0537. The number of hydrogen-bond acceptors (Lipinski definition) is 6. The van der Waals surface area contributed by atoms with Crippen molar-refractivity contribution >= 4 is 28.5 Å². The second kappa shape index (κ2) is 7.47. The summed E-state index contributed by atoms with van der Waals surface area (Å²) in [6, 6.07) is 3.78. The highest BCUT2D eigenvalue weighted by atomic mass is 19.1. The van der Waals surface area contributed by atoms with Crippen LogP contribution in [0.25, 0.3) is 27.8 Å². The smallest absolute Gasteiger partial charge is 0.228 e. The normalized spacial score (nSPS) is 20.3. The van der Waals surface area contributed by atoms with E-state index in [1.165, 1.54) is 10.6 Å². The van der Waals surface area contributed by atoms with Crippen LogP contribution in [-0.2, 0) is 4.79 Å². The molecule has 3 N–H and O–H groups in total. The largest absolute Gasteiger partial charge is 0.480 e. The summed E-state index contributed by atoms with van der Waals surface area (Å²) in [6.45, 7) is 3.89. The predicted octanol–water partition coefficient (Wildman–Crippen LogP) is 3.28. The lowest BCUT2D eigenvalue weighted by molar-refractivity contribution is -0.123. The third kappa shape index (κ3) is 3.41. The van der Waals surface area contributed by atoms with E-state index in [1.54, 1.807) is 19.4 Å². The number of hydrogen-bond donors (Lipinski definition) is 3. The molecule has 1 saturated carbocycles. The molecule has 4 heterocycles. The molecule has 0 radical (unpaired) electrons. The summed E-state index contributed by atoms with van der Waals surface area (Å²) in [4.78, 5) is 28.1. The molecular weight excluding hydrogens is 413 g/mol. The topological polar surface area (TPSA) is 109 Å². The molecule has 4 aromatic rings. The number of pyridine rings is 1. The number of H-pyrrole nitrogens is 1. The minimum Gasteiger partial charge on any atom is -0.480 e. The van der Waals surface area contributed by atoms with Gasteiger partial charge >= 0.3 is 0 Å². The number of carbonyl (C=O) groups is 1. The first kappa shape index (κ1) is 20.2. The van der Waals surface area contributed by atoms with Crippen LogP contribution in [0, 0.1) is 5.95 Å². The number of rotatable bonds is 6. The number of imidazole rings is 1.